The van der Waals surface area contributed by atoms with Crippen molar-refractivity contribution in [2.45, 2.75) is 6.54 Å². The summed E-state index contributed by atoms with van der Waals surface area (Å²) in [7, 11) is 0. The average molecular weight is 190 g/mol. The lowest BCUT2D eigenvalue weighted by Crippen LogP contribution is -1.95. The maximum atomic E-state index is 5.56. The zero-order chi connectivity index (χ0) is 9.10. The molecule has 1 heterocycles. The molecule has 0 radical (unpaired) electrons. The first-order chi connectivity index (χ1) is 6.40. The number of thiazole rings is 1. The highest BCUT2D eigenvalue weighted by Gasteiger charge is 1.99. The third-order valence-electron chi connectivity index (χ3n) is 1.84. The van der Waals surface area contributed by atoms with Crippen molar-refractivity contribution in [3.05, 3.63) is 41.4 Å². The molecule has 1 aromatic heterocycles. The third kappa shape index (κ3) is 1.76. The van der Waals surface area contributed by atoms with E-state index in [-0.39, 0.29) is 0 Å². The molecular weight excluding hydrogens is 180 g/mol. The summed E-state index contributed by atoms with van der Waals surface area (Å²) >= 11 is 1.64. The Bertz CT molecular complexity index is 382. The van der Waals surface area contributed by atoms with Crippen molar-refractivity contribution in [2.24, 2.45) is 5.73 Å². The molecule has 0 bridgehead atoms. The predicted octanol–water partition coefficient (Wildman–Crippen LogP) is 2.27. The largest absolute Gasteiger partial charge is 0.326 e. The fraction of sp³-hybridized carbons (Fsp3) is 0.100. The Kier molecular flexibility index (Phi) is 2.38. The van der Waals surface area contributed by atoms with E-state index in [4.69, 9.17) is 5.73 Å². The third-order valence-corrected chi connectivity index (χ3v) is 2.66. The number of rotatable bonds is 2. The average Bonchev–Trinajstić information content (AvgIpc) is 2.71. The zero-order valence-corrected chi connectivity index (χ0v) is 7.92. The molecule has 0 saturated heterocycles. The second kappa shape index (κ2) is 3.68. The Morgan fingerprint density at radius 2 is 2.31 bits per heavy atom. The smallest absolute Gasteiger partial charge is 0.123 e. The van der Waals surface area contributed by atoms with Crippen LogP contribution in [0.15, 0.2) is 35.8 Å². The van der Waals surface area contributed by atoms with Gasteiger partial charge in [-0.3, -0.25) is 0 Å². The van der Waals surface area contributed by atoms with E-state index in [0.29, 0.717) is 6.54 Å². The van der Waals surface area contributed by atoms with E-state index in [1.54, 1.807) is 11.3 Å². The van der Waals surface area contributed by atoms with Gasteiger partial charge in [-0.15, -0.1) is 11.3 Å². The van der Waals surface area contributed by atoms with E-state index >= 15 is 0 Å². The molecule has 0 atom stereocenters. The molecule has 2 N–H and O–H groups in total. The number of hydrogen-bond donors (Lipinski definition) is 1. The number of nitrogens with zero attached hydrogens (tertiary/aromatic N) is 1. The molecule has 0 aliphatic carbocycles. The van der Waals surface area contributed by atoms with Gasteiger partial charge < -0.3 is 5.73 Å². The first kappa shape index (κ1) is 8.41. The minimum absolute atomic E-state index is 0.583. The highest BCUT2D eigenvalue weighted by Crippen LogP contribution is 2.22. The van der Waals surface area contributed by atoms with Gasteiger partial charge in [0.2, 0.25) is 0 Å². The molecule has 0 spiro atoms. The maximum absolute atomic E-state index is 5.56. The van der Waals surface area contributed by atoms with E-state index in [9.17, 15) is 0 Å². The minimum atomic E-state index is 0.583. The molecule has 0 aliphatic heterocycles. The van der Waals surface area contributed by atoms with E-state index in [0.717, 1.165) is 16.1 Å². The lowest BCUT2D eigenvalue weighted by atomic mass is 10.1. The highest BCUT2D eigenvalue weighted by molar-refractivity contribution is 7.13. The van der Waals surface area contributed by atoms with Crippen molar-refractivity contribution >= 4 is 11.3 Å². The predicted molar refractivity (Wildman–Crippen MR) is 55.4 cm³/mol. The Morgan fingerprint density at radius 1 is 1.38 bits per heavy atom. The van der Waals surface area contributed by atoms with Gasteiger partial charge in [0.1, 0.15) is 5.01 Å². The molecule has 2 aromatic rings. The molecule has 0 unspecified atom stereocenters. The Hall–Kier alpha value is -1.19. The number of benzene rings is 1. The lowest BCUT2D eigenvalue weighted by molar-refractivity contribution is 1.07. The fourth-order valence-electron chi connectivity index (χ4n) is 1.20. The van der Waals surface area contributed by atoms with Gasteiger partial charge in [-0.05, 0) is 11.6 Å². The van der Waals surface area contributed by atoms with Crippen LogP contribution in [0.3, 0.4) is 0 Å². The highest BCUT2D eigenvalue weighted by atomic mass is 32.1. The molecule has 1 aromatic carbocycles. The van der Waals surface area contributed by atoms with Crippen LogP contribution in [-0.2, 0) is 6.54 Å². The first-order valence-electron chi connectivity index (χ1n) is 4.09. The Balaban J connectivity index is 2.41. The normalized spacial score (nSPS) is 10.2. The van der Waals surface area contributed by atoms with E-state index in [1.807, 2.05) is 23.7 Å². The summed E-state index contributed by atoms with van der Waals surface area (Å²) in [4.78, 5) is 4.24. The second-order valence-corrected chi connectivity index (χ2v) is 3.64. The van der Waals surface area contributed by atoms with E-state index < -0.39 is 0 Å². The van der Waals surface area contributed by atoms with Crippen LogP contribution in [0.4, 0.5) is 0 Å². The molecule has 2 nitrogen and oxygen atoms in total. The van der Waals surface area contributed by atoms with Crippen molar-refractivity contribution in [2.75, 3.05) is 0 Å². The molecule has 0 saturated carbocycles. The standard InChI is InChI=1S/C10H10N2S/c11-7-8-2-1-3-9(6-8)10-12-4-5-13-10/h1-6H,7,11H2. The molecule has 3 heteroatoms. The van der Waals surface area contributed by atoms with Crippen LogP contribution < -0.4 is 5.73 Å². The van der Waals surface area contributed by atoms with Crippen LogP contribution in [0.5, 0.6) is 0 Å². The van der Waals surface area contributed by atoms with Gasteiger partial charge in [0.15, 0.2) is 0 Å². The molecule has 13 heavy (non-hydrogen) atoms. The summed E-state index contributed by atoms with van der Waals surface area (Å²) in [6, 6.07) is 8.17. The van der Waals surface area contributed by atoms with Gasteiger partial charge in [0.05, 0.1) is 0 Å². The molecular formula is C10H10N2S. The van der Waals surface area contributed by atoms with Crippen molar-refractivity contribution in [3.63, 3.8) is 0 Å². The van der Waals surface area contributed by atoms with Gasteiger partial charge in [-0.2, -0.15) is 0 Å². The van der Waals surface area contributed by atoms with Crippen molar-refractivity contribution in [3.8, 4) is 10.6 Å². The summed E-state index contributed by atoms with van der Waals surface area (Å²) in [5.41, 5.74) is 7.85. The van der Waals surface area contributed by atoms with E-state index in [2.05, 4.69) is 17.1 Å². The van der Waals surface area contributed by atoms with Crippen LogP contribution in [0.25, 0.3) is 10.6 Å². The first-order valence-corrected chi connectivity index (χ1v) is 4.97. The van der Waals surface area contributed by atoms with Crippen molar-refractivity contribution < 1.29 is 0 Å². The SMILES string of the molecule is NCc1cccc(-c2nccs2)c1. The quantitative estimate of drug-likeness (QED) is 0.789. The number of aromatic nitrogens is 1. The monoisotopic (exact) mass is 190 g/mol. The van der Waals surface area contributed by atoms with Crippen LogP contribution >= 0.6 is 11.3 Å². The summed E-state index contributed by atoms with van der Waals surface area (Å²) in [5.74, 6) is 0. The van der Waals surface area contributed by atoms with Crippen LogP contribution in [0.1, 0.15) is 5.56 Å². The van der Waals surface area contributed by atoms with Gasteiger partial charge in [-0.1, -0.05) is 18.2 Å². The maximum Gasteiger partial charge on any atom is 0.123 e. The molecule has 0 fully saturated rings. The van der Waals surface area contributed by atoms with Crippen molar-refractivity contribution in [1.29, 1.82) is 0 Å². The minimum Gasteiger partial charge on any atom is -0.326 e. The van der Waals surface area contributed by atoms with Gasteiger partial charge in [-0.25, -0.2) is 4.98 Å². The molecule has 66 valence electrons. The molecule has 0 amide bonds. The number of nitrogens with two attached hydrogens (primary N) is 1. The summed E-state index contributed by atoms with van der Waals surface area (Å²) in [5, 5.41) is 3.03. The summed E-state index contributed by atoms with van der Waals surface area (Å²) in [6.45, 7) is 0.583. The van der Waals surface area contributed by atoms with Gasteiger partial charge in [0.25, 0.3) is 0 Å². The second-order valence-electron chi connectivity index (χ2n) is 2.74. The zero-order valence-electron chi connectivity index (χ0n) is 7.10. The van der Waals surface area contributed by atoms with Crippen LogP contribution in [0.2, 0.25) is 0 Å². The molecule has 2 rings (SSSR count). The van der Waals surface area contributed by atoms with Gasteiger partial charge >= 0.3 is 0 Å². The van der Waals surface area contributed by atoms with Crippen molar-refractivity contribution in [1.82, 2.24) is 4.98 Å². The van der Waals surface area contributed by atoms with Crippen LogP contribution in [0, 0.1) is 0 Å². The summed E-state index contributed by atoms with van der Waals surface area (Å²) < 4.78 is 0. The molecule has 0 aliphatic rings. The van der Waals surface area contributed by atoms with E-state index in [1.165, 1.54) is 0 Å². The number of hydrogen-bond acceptors (Lipinski definition) is 3. The Morgan fingerprint density at radius 3 is 3.00 bits per heavy atom. The van der Waals surface area contributed by atoms with Crippen LogP contribution in [-0.4, -0.2) is 4.98 Å². The fourth-order valence-corrected chi connectivity index (χ4v) is 1.83. The summed E-state index contributed by atoms with van der Waals surface area (Å²) in [6.07, 6.45) is 1.81. The Labute approximate surface area is 81.1 Å². The lowest BCUT2D eigenvalue weighted by Gasteiger charge is -1.99. The van der Waals surface area contributed by atoms with Gasteiger partial charge in [0, 0.05) is 23.7 Å². The topological polar surface area (TPSA) is 38.9 Å².